The lowest BCUT2D eigenvalue weighted by atomic mass is 10.0. The summed E-state index contributed by atoms with van der Waals surface area (Å²) in [5.74, 6) is 0.109. The number of esters is 1. The molecule has 1 aromatic rings. The number of carbonyl (C=O) groups is 1. The van der Waals surface area contributed by atoms with Crippen molar-refractivity contribution < 1.29 is 14.6 Å². The van der Waals surface area contributed by atoms with E-state index in [0.29, 0.717) is 19.1 Å². The molecule has 2 N–H and O–H groups in total. The molecule has 1 rings (SSSR count). The largest absolute Gasteiger partial charge is 0.465 e. The van der Waals surface area contributed by atoms with Gasteiger partial charge in [0.05, 0.1) is 6.61 Å². The molecule has 4 nitrogen and oxygen atoms in total. The Labute approximate surface area is 121 Å². The first kappa shape index (κ1) is 16.7. The fourth-order valence-corrected chi connectivity index (χ4v) is 2.13. The van der Waals surface area contributed by atoms with Crippen LogP contribution in [0.15, 0.2) is 30.3 Å². The molecule has 0 spiro atoms. The first-order valence-corrected chi connectivity index (χ1v) is 7.28. The second kappa shape index (κ2) is 9.50. The molecule has 4 heteroatoms. The van der Waals surface area contributed by atoms with E-state index in [1.165, 1.54) is 0 Å². The van der Waals surface area contributed by atoms with E-state index >= 15 is 0 Å². The van der Waals surface area contributed by atoms with Crippen LogP contribution in [0.4, 0.5) is 0 Å². The van der Waals surface area contributed by atoms with Crippen molar-refractivity contribution in [1.82, 2.24) is 5.32 Å². The molecule has 0 fully saturated rings. The van der Waals surface area contributed by atoms with Gasteiger partial charge in [0.15, 0.2) is 0 Å². The Morgan fingerprint density at radius 1 is 1.30 bits per heavy atom. The van der Waals surface area contributed by atoms with Crippen molar-refractivity contribution in [1.29, 1.82) is 0 Å². The monoisotopic (exact) mass is 279 g/mol. The van der Waals surface area contributed by atoms with Crippen LogP contribution in [0, 0.1) is 5.92 Å². The van der Waals surface area contributed by atoms with Crippen LogP contribution in [0.1, 0.15) is 38.3 Å². The van der Waals surface area contributed by atoms with Gasteiger partial charge in [0, 0.05) is 6.61 Å². The molecule has 0 bridgehead atoms. The number of ether oxygens (including phenoxy) is 1. The molecule has 0 saturated heterocycles. The van der Waals surface area contributed by atoms with Gasteiger partial charge in [-0.2, -0.15) is 0 Å². The Kier molecular flexibility index (Phi) is 7.92. The maximum absolute atomic E-state index is 12.1. The molecule has 0 radical (unpaired) electrons. The molecule has 2 atom stereocenters. The summed E-state index contributed by atoms with van der Waals surface area (Å²) in [6.07, 6.45) is 1.71. The predicted octanol–water partition coefficient (Wildman–Crippen LogP) is 2.29. The standard InChI is InChI=1S/C16H25NO3/c1-3-13(10-11-18)12-17-15(16(19)20-4-2)14-8-6-5-7-9-14/h5-9,13,15,17-18H,3-4,10-12H2,1-2H3. The summed E-state index contributed by atoms with van der Waals surface area (Å²) in [7, 11) is 0. The van der Waals surface area contributed by atoms with Crippen LogP contribution in [0.5, 0.6) is 0 Å². The van der Waals surface area contributed by atoms with Gasteiger partial charge in [0.1, 0.15) is 6.04 Å². The Hall–Kier alpha value is -1.39. The van der Waals surface area contributed by atoms with Gasteiger partial charge in [-0.3, -0.25) is 0 Å². The van der Waals surface area contributed by atoms with Crippen molar-refractivity contribution in [2.75, 3.05) is 19.8 Å². The van der Waals surface area contributed by atoms with Crippen molar-refractivity contribution in [3.63, 3.8) is 0 Å². The summed E-state index contributed by atoms with van der Waals surface area (Å²) in [4.78, 5) is 12.1. The van der Waals surface area contributed by atoms with Gasteiger partial charge >= 0.3 is 5.97 Å². The number of rotatable bonds is 9. The average Bonchev–Trinajstić information content (AvgIpc) is 2.47. The number of aliphatic hydroxyl groups is 1. The van der Waals surface area contributed by atoms with E-state index in [-0.39, 0.29) is 12.6 Å². The van der Waals surface area contributed by atoms with Crippen molar-refractivity contribution >= 4 is 5.97 Å². The first-order chi connectivity index (χ1) is 9.72. The third-order valence-corrected chi connectivity index (χ3v) is 3.38. The molecule has 0 aromatic heterocycles. The Morgan fingerprint density at radius 3 is 2.55 bits per heavy atom. The maximum atomic E-state index is 12.1. The van der Waals surface area contributed by atoms with E-state index in [0.717, 1.165) is 18.4 Å². The number of aliphatic hydroxyl groups excluding tert-OH is 1. The average molecular weight is 279 g/mol. The van der Waals surface area contributed by atoms with Crippen LogP contribution >= 0.6 is 0 Å². The fraction of sp³-hybridized carbons (Fsp3) is 0.562. The number of hydrogen-bond donors (Lipinski definition) is 2. The summed E-state index contributed by atoms with van der Waals surface area (Å²) in [5.41, 5.74) is 0.907. The smallest absolute Gasteiger partial charge is 0.327 e. The quantitative estimate of drug-likeness (QED) is 0.681. The zero-order valence-electron chi connectivity index (χ0n) is 12.3. The number of nitrogens with one attached hydrogen (secondary N) is 1. The van der Waals surface area contributed by atoms with Crippen LogP contribution in [0.3, 0.4) is 0 Å². The lowest BCUT2D eigenvalue weighted by molar-refractivity contribution is -0.145. The van der Waals surface area contributed by atoms with Gasteiger partial charge in [0.25, 0.3) is 0 Å². The minimum Gasteiger partial charge on any atom is -0.465 e. The van der Waals surface area contributed by atoms with Crippen molar-refractivity contribution in [2.24, 2.45) is 5.92 Å². The van der Waals surface area contributed by atoms with Gasteiger partial charge in [-0.1, -0.05) is 43.7 Å². The highest BCUT2D eigenvalue weighted by Gasteiger charge is 2.22. The van der Waals surface area contributed by atoms with Gasteiger partial charge in [-0.05, 0) is 31.4 Å². The van der Waals surface area contributed by atoms with E-state index in [1.54, 1.807) is 6.92 Å². The fourth-order valence-electron chi connectivity index (χ4n) is 2.13. The second-order valence-corrected chi connectivity index (χ2v) is 4.79. The number of carbonyl (C=O) groups excluding carboxylic acids is 1. The highest BCUT2D eigenvalue weighted by atomic mass is 16.5. The zero-order chi connectivity index (χ0) is 14.8. The molecule has 0 aliphatic carbocycles. The van der Waals surface area contributed by atoms with E-state index in [4.69, 9.17) is 9.84 Å². The molecule has 1 aromatic carbocycles. The third-order valence-electron chi connectivity index (χ3n) is 3.38. The van der Waals surface area contributed by atoms with Gasteiger partial charge in [0.2, 0.25) is 0 Å². The molecular formula is C16H25NO3. The van der Waals surface area contributed by atoms with Crippen LogP contribution in [0.25, 0.3) is 0 Å². The lowest BCUT2D eigenvalue weighted by Crippen LogP contribution is -2.34. The summed E-state index contributed by atoms with van der Waals surface area (Å²) in [5, 5.41) is 12.3. The minimum atomic E-state index is -0.441. The minimum absolute atomic E-state index is 0.176. The zero-order valence-corrected chi connectivity index (χ0v) is 12.3. The molecular weight excluding hydrogens is 254 g/mol. The van der Waals surface area contributed by atoms with Crippen molar-refractivity contribution in [3.05, 3.63) is 35.9 Å². The highest BCUT2D eigenvalue weighted by Crippen LogP contribution is 2.16. The summed E-state index contributed by atoms with van der Waals surface area (Å²) < 4.78 is 5.13. The Morgan fingerprint density at radius 2 is 2.00 bits per heavy atom. The molecule has 112 valence electrons. The second-order valence-electron chi connectivity index (χ2n) is 4.79. The van der Waals surface area contributed by atoms with E-state index < -0.39 is 6.04 Å². The molecule has 0 saturated carbocycles. The van der Waals surface area contributed by atoms with E-state index in [9.17, 15) is 4.79 Å². The van der Waals surface area contributed by atoms with Crippen LogP contribution in [0.2, 0.25) is 0 Å². The normalized spacial score (nSPS) is 13.8. The number of benzene rings is 1. The molecule has 0 heterocycles. The first-order valence-electron chi connectivity index (χ1n) is 7.28. The SMILES string of the molecule is CCOC(=O)C(NCC(CC)CCO)c1ccccc1. The molecule has 0 aliphatic rings. The van der Waals surface area contributed by atoms with E-state index in [2.05, 4.69) is 12.2 Å². The van der Waals surface area contributed by atoms with Crippen molar-refractivity contribution in [3.8, 4) is 0 Å². The maximum Gasteiger partial charge on any atom is 0.327 e. The molecule has 0 amide bonds. The highest BCUT2D eigenvalue weighted by molar-refractivity contribution is 5.77. The predicted molar refractivity (Wildman–Crippen MR) is 79.3 cm³/mol. The third kappa shape index (κ3) is 5.31. The summed E-state index contributed by atoms with van der Waals surface area (Å²) >= 11 is 0. The van der Waals surface area contributed by atoms with Crippen molar-refractivity contribution in [2.45, 2.75) is 32.7 Å². The van der Waals surface area contributed by atoms with E-state index in [1.807, 2.05) is 30.3 Å². The van der Waals surface area contributed by atoms with Crippen LogP contribution in [-0.2, 0) is 9.53 Å². The summed E-state index contributed by atoms with van der Waals surface area (Å²) in [6.45, 7) is 5.13. The summed E-state index contributed by atoms with van der Waals surface area (Å²) in [6, 6.07) is 9.14. The lowest BCUT2D eigenvalue weighted by Gasteiger charge is -2.21. The van der Waals surface area contributed by atoms with Gasteiger partial charge in [-0.25, -0.2) is 4.79 Å². The Bertz CT molecular complexity index is 381. The van der Waals surface area contributed by atoms with Gasteiger partial charge < -0.3 is 15.2 Å². The van der Waals surface area contributed by atoms with Crippen LogP contribution < -0.4 is 5.32 Å². The molecule has 0 aliphatic heterocycles. The van der Waals surface area contributed by atoms with Gasteiger partial charge in [-0.15, -0.1) is 0 Å². The molecule has 20 heavy (non-hydrogen) atoms. The molecule has 2 unspecified atom stereocenters. The van der Waals surface area contributed by atoms with Crippen LogP contribution in [-0.4, -0.2) is 30.8 Å². The number of hydrogen-bond acceptors (Lipinski definition) is 4. The topological polar surface area (TPSA) is 58.6 Å². The Balaban J connectivity index is 2.71.